The number of imidazole rings is 1. The van der Waals surface area contributed by atoms with E-state index in [9.17, 15) is 18.4 Å². The largest absolute Gasteiger partial charge is 0.491 e. The van der Waals surface area contributed by atoms with Crippen molar-refractivity contribution in [2.24, 2.45) is 5.73 Å². The average molecular weight is 445 g/mol. The van der Waals surface area contributed by atoms with Crippen LogP contribution in [0.15, 0.2) is 30.3 Å². The van der Waals surface area contributed by atoms with Crippen molar-refractivity contribution in [3.63, 3.8) is 0 Å². The van der Waals surface area contributed by atoms with Crippen LogP contribution in [0.3, 0.4) is 0 Å². The lowest BCUT2D eigenvalue weighted by atomic mass is 10.1. The molecule has 0 unspecified atom stereocenters. The number of carbonyl (C=O) groups excluding carboxylic acids is 2. The molecule has 2 atom stereocenters. The van der Waals surface area contributed by atoms with Gasteiger partial charge in [-0.25, -0.2) is 18.6 Å². The Morgan fingerprint density at radius 1 is 1.41 bits per heavy atom. The lowest BCUT2D eigenvalue weighted by Crippen LogP contribution is -2.42. The Morgan fingerprint density at radius 2 is 2.19 bits per heavy atom. The molecule has 2 aliphatic heterocycles. The summed E-state index contributed by atoms with van der Waals surface area (Å²) in [5.74, 6) is 2.13. The Balaban J connectivity index is 1.52. The quantitative estimate of drug-likeness (QED) is 0.676. The number of nitrogens with two attached hydrogens (primary N) is 1. The summed E-state index contributed by atoms with van der Waals surface area (Å²) in [5, 5.41) is 3.00. The van der Waals surface area contributed by atoms with Gasteiger partial charge in [0.25, 0.3) is 12.3 Å². The summed E-state index contributed by atoms with van der Waals surface area (Å²) in [6.07, 6.45) is -0.200. The Labute approximate surface area is 181 Å². The number of alkyl halides is 2. The summed E-state index contributed by atoms with van der Waals surface area (Å²) in [4.78, 5) is 28.6. The third kappa shape index (κ3) is 3.16. The van der Waals surface area contributed by atoms with Gasteiger partial charge in [0.2, 0.25) is 5.91 Å². The first kappa shape index (κ1) is 20.3. The van der Waals surface area contributed by atoms with Gasteiger partial charge in [0, 0.05) is 18.0 Å². The Bertz CT molecular complexity index is 1140. The van der Waals surface area contributed by atoms with E-state index in [0.29, 0.717) is 48.8 Å². The van der Waals surface area contributed by atoms with Gasteiger partial charge < -0.3 is 25.1 Å². The molecule has 32 heavy (non-hydrogen) atoms. The predicted molar refractivity (Wildman–Crippen MR) is 110 cm³/mol. The molecule has 1 saturated heterocycles. The molecule has 168 valence electrons. The molecule has 0 radical (unpaired) electrons. The number of aromatic nitrogens is 2. The smallest absolute Gasteiger partial charge is 0.285 e. The number of nitrogens with one attached hydrogen (secondary N) is 1. The van der Waals surface area contributed by atoms with Gasteiger partial charge in [-0.1, -0.05) is 0 Å². The Kier molecular flexibility index (Phi) is 4.59. The van der Waals surface area contributed by atoms with E-state index in [2.05, 4.69) is 10.3 Å². The monoisotopic (exact) mass is 445 g/mol. The fourth-order valence-electron chi connectivity index (χ4n) is 4.24. The zero-order valence-corrected chi connectivity index (χ0v) is 17.2. The second kappa shape index (κ2) is 7.23. The molecule has 2 fully saturated rings. The highest BCUT2D eigenvalue weighted by atomic mass is 19.3. The van der Waals surface area contributed by atoms with E-state index >= 15 is 0 Å². The van der Waals surface area contributed by atoms with E-state index in [1.165, 1.54) is 0 Å². The van der Waals surface area contributed by atoms with E-state index in [0.717, 1.165) is 4.90 Å². The third-order valence-electron chi connectivity index (χ3n) is 6.04. The number of ether oxygens (including phenoxy) is 2. The zero-order chi connectivity index (χ0) is 22.6. The second-order valence-corrected chi connectivity index (χ2v) is 8.17. The topological polar surface area (TPSA) is 112 Å². The SMILES string of the molecule is C[C@H](Nc1ccc2c(c1)OCCn1cc(N3C(=C=O)OC4(CC4)[C@H]3C(F)F)nc1-2)C(N)=O. The van der Waals surface area contributed by atoms with Crippen LogP contribution >= 0.6 is 0 Å². The summed E-state index contributed by atoms with van der Waals surface area (Å²) in [6.45, 7) is 2.40. The van der Waals surface area contributed by atoms with E-state index in [1.807, 2.05) is 0 Å². The van der Waals surface area contributed by atoms with Gasteiger partial charge in [-0.05, 0) is 31.9 Å². The average Bonchev–Trinajstić information content (AvgIpc) is 3.32. The van der Waals surface area contributed by atoms with Crippen molar-refractivity contribution in [1.29, 1.82) is 0 Å². The van der Waals surface area contributed by atoms with E-state index in [-0.39, 0.29) is 11.7 Å². The van der Waals surface area contributed by atoms with Crippen molar-refractivity contribution < 1.29 is 27.8 Å². The number of anilines is 2. The van der Waals surface area contributed by atoms with Crippen LogP contribution in [-0.4, -0.2) is 52.1 Å². The summed E-state index contributed by atoms with van der Waals surface area (Å²) in [6, 6.07) is 3.38. The molecule has 1 aromatic carbocycles. The summed E-state index contributed by atoms with van der Waals surface area (Å²) >= 11 is 0. The summed E-state index contributed by atoms with van der Waals surface area (Å²) < 4.78 is 41.1. The molecule has 1 aliphatic carbocycles. The van der Waals surface area contributed by atoms with Gasteiger partial charge in [-0.2, -0.15) is 0 Å². The van der Waals surface area contributed by atoms with Crippen molar-refractivity contribution >= 4 is 23.4 Å². The minimum absolute atomic E-state index is 0.199. The Hall–Kier alpha value is -3.59. The van der Waals surface area contributed by atoms with Crippen molar-refractivity contribution in [3.05, 3.63) is 30.3 Å². The molecule has 3 heterocycles. The highest BCUT2D eigenvalue weighted by molar-refractivity contribution is 5.83. The van der Waals surface area contributed by atoms with Crippen LogP contribution in [0.1, 0.15) is 19.8 Å². The van der Waals surface area contributed by atoms with Gasteiger partial charge >= 0.3 is 0 Å². The van der Waals surface area contributed by atoms with Gasteiger partial charge in [0.15, 0.2) is 11.8 Å². The number of fused-ring (bicyclic) bond motifs is 3. The Morgan fingerprint density at radius 3 is 2.84 bits per heavy atom. The number of hydrogen-bond acceptors (Lipinski definition) is 7. The molecule has 1 amide bonds. The van der Waals surface area contributed by atoms with Crippen LogP contribution in [-0.2, 0) is 20.9 Å². The fourth-order valence-corrected chi connectivity index (χ4v) is 4.24. The number of primary amides is 1. The number of halogens is 2. The van der Waals surface area contributed by atoms with Crippen molar-refractivity contribution in [2.75, 3.05) is 16.8 Å². The van der Waals surface area contributed by atoms with Crippen LogP contribution in [0, 0.1) is 0 Å². The molecule has 2 aromatic rings. The fraction of sp³-hybridized carbons (Fsp3) is 0.429. The van der Waals surface area contributed by atoms with Crippen LogP contribution in [0.5, 0.6) is 5.75 Å². The number of rotatable bonds is 5. The van der Waals surface area contributed by atoms with Gasteiger partial charge in [-0.3, -0.25) is 9.69 Å². The molecular formula is C21H21F2N5O4. The van der Waals surface area contributed by atoms with Crippen LogP contribution in [0.4, 0.5) is 20.3 Å². The number of nitrogens with zero attached hydrogens (tertiary/aromatic N) is 3. The van der Waals surface area contributed by atoms with Crippen molar-refractivity contribution in [2.45, 2.75) is 50.4 Å². The molecule has 0 bridgehead atoms. The summed E-state index contributed by atoms with van der Waals surface area (Å²) in [7, 11) is 0. The van der Waals surface area contributed by atoms with Crippen LogP contribution in [0.2, 0.25) is 0 Å². The number of benzene rings is 1. The van der Waals surface area contributed by atoms with Crippen molar-refractivity contribution in [3.8, 4) is 17.1 Å². The van der Waals surface area contributed by atoms with Gasteiger partial charge in [0.05, 0.1) is 12.1 Å². The summed E-state index contributed by atoms with van der Waals surface area (Å²) in [5.41, 5.74) is 5.54. The first-order chi connectivity index (χ1) is 15.3. The second-order valence-electron chi connectivity index (χ2n) is 8.17. The normalized spacial score (nSPS) is 21.2. The maximum Gasteiger partial charge on any atom is 0.285 e. The zero-order valence-electron chi connectivity index (χ0n) is 17.2. The molecule has 1 saturated carbocycles. The standard InChI is InChI=1S/C21H21F2N5O4/c1-11(19(24)30)25-12-2-3-13-14(8-12)31-7-6-27-9-15(26-20(13)27)28-16(10-29)32-21(4-5-21)17(28)18(22)23/h2-3,8-9,11,17-18,25H,4-7H2,1H3,(H2,24,30)/t11-,17+/m0/s1. The van der Waals surface area contributed by atoms with E-state index < -0.39 is 30.0 Å². The minimum Gasteiger partial charge on any atom is -0.491 e. The number of hydrogen-bond donors (Lipinski definition) is 2. The molecule has 1 spiro atoms. The minimum atomic E-state index is -2.72. The molecule has 3 N–H and O–H groups in total. The van der Waals surface area contributed by atoms with Crippen LogP contribution < -0.4 is 20.7 Å². The molecule has 11 heteroatoms. The van der Waals surface area contributed by atoms with E-state index in [1.54, 1.807) is 41.8 Å². The lowest BCUT2D eigenvalue weighted by Gasteiger charge is -2.22. The highest BCUT2D eigenvalue weighted by Crippen LogP contribution is 2.54. The van der Waals surface area contributed by atoms with Crippen molar-refractivity contribution in [1.82, 2.24) is 9.55 Å². The van der Waals surface area contributed by atoms with E-state index in [4.69, 9.17) is 15.2 Å². The number of amides is 1. The molecular weight excluding hydrogens is 424 g/mol. The number of carbonyl (C=O) groups is 1. The van der Waals surface area contributed by atoms with Gasteiger partial charge in [-0.15, -0.1) is 0 Å². The molecule has 3 aliphatic rings. The predicted octanol–water partition coefficient (Wildman–Crippen LogP) is 1.90. The molecule has 9 nitrogen and oxygen atoms in total. The van der Waals surface area contributed by atoms with Gasteiger partial charge in [0.1, 0.15) is 35.9 Å². The first-order valence-electron chi connectivity index (χ1n) is 10.2. The molecule has 5 rings (SSSR count). The molecule has 1 aromatic heterocycles. The third-order valence-corrected chi connectivity index (χ3v) is 6.04. The van der Waals surface area contributed by atoms with Crippen LogP contribution in [0.25, 0.3) is 11.4 Å². The lowest BCUT2D eigenvalue weighted by molar-refractivity contribution is -0.118. The first-order valence-corrected chi connectivity index (χ1v) is 10.2. The maximum atomic E-state index is 14.0. The maximum absolute atomic E-state index is 14.0. The highest BCUT2D eigenvalue weighted by Gasteiger charge is 2.65.